The second kappa shape index (κ2) is 1.98. The number of nitrogens with zero attached hydrogens (tertiary/aromatic N) is 3. The molecule has 0 radical (unpaired) electrons. The van der Waals surface area contributed by atoms with Crippen molar-refractivity contribution in [1.29, 1.82) is 0 Å². The molecule has 0 unspecified atom stereocenters. The van der Waals surface area contributed by atoms with Crippen LogP contribution in [-0.4, -0.2) is 16.0 Å². The van der Waals surface area contributed by atoms with Gasteiger partial charge in [0.15, 0.2) is 0 Å². The van der Waals surface area contributed by atoms with Crippen molar-refractivity contribution in [2.75, 3.05) is 0 Å². The van der Waals surface area contributed by atoms with E-state index in [2.05, 4.69) is 15.6 Å². The Bertz CT molecular complexity index is 257. The molecule has 2 heterocycles. The molecule has 1 aromatic heterocycles. The Labute approximate surface area is 57.9 Å². The second-order valence-corrected chi connectivity index (χ2v) is 1.90. The molecule has 0 amide bonds. The van der Waals surface area contributed by atoms with E-state index in [0.29, 0.717) is 0 Å². The maximum absolute atomic E-state index is 4.02. The van der Waals surface area contributed by atoms with Crippen molar-refractivity contribution in [3.8, 4) is 0 Å². The minimum absolute atomic E-state index is 0.973. The van der Waals surface area contributed by atoms with Gasteiger partial charge in [0.05, 0.1) is 18.1 Å². The van der Waals surface area contributed by atoms with Gasteiger partial charge in [-0.3, -0.25) is 5.43 Å². The first kappa shape index (κ1) is 5.22. The lowest BCUT2D eigenvalue weighted by Gasteiger charge is -1.89. The van der Waals surface area contributed by atoms with Crippen LogP contribution in [0, 0.1) is 0 Å². The smallest absolute Gasteiger partial charge is 0.0862 e. The first-order valence-electron chi connectivity index (χ1n) is 2.95. The van der Waals surface area contributed by atoms with E-state index >= 15 is 0 Å². The van der Waals surface area contributed by atoms with Crippen LogP contribution in [0.5, 0.6) is 0 Å². The normalized spacial score (nSPS) is 14.0. The van der Waals surface area contributed by atoms with E-state index in [-0.39, 0.29) is 0 Å². The van der Waals surface area contributed by atoms with Gasteiger partial charge in [0.25, 0.3) is 0 Å². The van der Waals surface area contributed by atoms with Crippen LogP contribution in [0.15, 0.2) is 23.6 Å². The fraction of sp³-hybridized carbons (Fsp3) is 0. The summed E-state index contributed by atoms with van der Waals surface area (Å²) in [5, 5.41) is 7.88. The second-order valence-electron chi connectivity index (χ2n) is 1.90. The van der Waals surface area contributed by atoms with Gasteiger partial charge in [0.2, 0.25) is 0 Å². The highest BCUT2D eigenvalue weighted by Crippen LogP contribution is 1.96. The number of aromatic nitrogens is 2. The van der Waals surface area contributed by atoms with Crippen molar-refractivity contribution in [3.05, 3.63) is 24.2 Å². The third kappa shape index (κ3) is 0.699. The minimum Gasteiger partial charge on any atom is -0.284 e. The molecule has 0 bridgehead atoms. The Balaban J connectivity index is 2.56. The summed E-state index contributed by atoms with van der Waals surface area (Å²) < 4.78 is 1.74. The Morgan fingerprint density at radius 2 is 2.50 bits per heavy atom. The summed E-state index contributed by atoms with van der Waals surface area (Å²) in [6.45, 7) is 0. The molecule has 4 nitrogen and oxygen atoms in total. The number of hydrogen-bond donors (Lipinski definition) is 1. The molecule has 1 N–H and O–H groups in total. The number of hydrazone groups is 1. The van der Waals surface area contributed by atoms with E-state index in [1.165, 1.54) is 0 Å². The highest BCUT2D eigenvalue weighted by atomic mass is 15.3. The Morgan fingerprint density at radius 1 is 1.50 bits per heavy atom. The van der Waals surface area contributed by atoms with Gasteiger partial charge >= 0.3 is 0 Å². The predicted octanol–water partition coefficient (Wildman–Crippen LogP) is 0.248. The van der Waals surface area contributed by atoms with Crippen molar-refractivity contribution >= 4 is 12.4 Å². The van der Waals surface area contributed by atoms with Crippen molar-refractivity contribution in [1.82, 2.24) is 15.2 Å². The highest BCUT2D eigenvalue weighted by molar-refractivity contribution is 5.78. The standard InChI is InChI=1S/C6H6N4/c1-2-9-10-4-3-7-8-5-6(1)10/h1-5,7H. The molecule has 0 fully saturated rings. The fourth-order valence-corrected chi connectivity index (χ4v) is 0.802. The topological polar surface area (TPSA) is 42.2 Å². The third-order valence-corrected chi connectivity index (χ3v) is 1.26. The summed E-state index contributed by atoms with van der Waals surface area (Å²) in [4.78, 5) is 0. The maximum Gasteiger partial charge on any atom is 0.0862 e. The molecule has 2 rings (SSSR count). The molecule has 0 atom stereocenters. The van der Waals surface area contributed by atoms with Crippen molar-refractivity contribution in [3.63, 3.8) is 0 Å². The summed E-state index contributed by atoms with van der Waals surface area (Å²) in [5.74, 6) is 0. The van der Waals surface area contributed by atoms with E-state index in [1.807, 2.05) is 12.3 Å². The van der Waals surface area contributed by atoms with Gasteiger partial charge < -0.3 is 0 Å². The number of fused-ring (bicyclic) bond motifs is 1. The molecule has 4 heteroatoms. The zero-order valence-electron chi connectivity index (χ0n) is 5.23. The van der Waals surface area contributed by atoms with E-state index in [4.69, 9.17) is 0 Å². The van der Waals surface area contributed by atoms with E-state index < -0.39 is 0 Å². The lowest BCUT2D eigenvalue weighted by atomic mass is 10.5. The van der Waals surface area contributed by atoms with Crippen molar-refractivity contribution in [2.24, 2.45) is 5.10 Å². The molecule has 10 heavy (non-hydrogen) atoms. The summed E-state index contributed by atoms with van der Waals surface area (Å²) in [5.41, 5.74) is 3.68. The van der Waals surface area contributed by atoms with Gasteiger partial charge in [-0.1, -0.05) is 0 Å². The van der Waals surface area contributed by atoms with Gasteiger partial charge in [-0.2, -0.15) is 10.2 Å². The van der Waals surface area contributed by atoms with Crippen LogP contribution < -0.4 is 5.43 Å². The van der Waals surface area contributed by atoms with Crippen LogP contribution in [0.2, 0.25) is 0 Å². The van der Waals surface area contributed by atoms with Crippen LogP contribution in [-0.2, 0) is 0 Å². The Morgan fingerprint density at radius 3 is 3.50 bits per heavy atom. The van der Waals surface area contributed by atoms with Crippen LogP contribution in [0.1, 0.15) is 5.69 Å². The van der Waals surface area contributed by atoms with Crippen LogP contribution >= 0.6 is 0 Å². The van der Waals surface area contributed by atoms with Gasteiger partial charge in [-0.05, 0) is 6.07 Å². The number of hydrogen-bond acceptors (Lipinski definition) is 3. The molecule has 0 aromatic carbocycles. The third-order valence-electron chi connectivity index (χ3n) is 1.26. The van der Waals surface area contributed by atoms with Gasteiger partial charge in [0.1, 0.15) is 0 Å². The zero-order chi connectivity index (χ0) is 6.81. The summed E-state index contributed by atoms with van der Waals surface area (Å²) in [6, 6.07) is 1.89. The zero-order valence-corrected chi connectivity index (χ0v) is 5.23. The number of nitrogens with one attached hydrogen (secondary N) is 1. The van der Waals surface area contributed by atoms with Crippen molar-refractivity contribution in [2.45, 2.75) is 0 Å². The van der Waals surface area contributed by atoms with E-state index in [1.54, 1.807) is 23.3 Å². The van der Waals surface area contributed by atoms with E-state index in [9.17, 15) is 0 Å². The molecule has 1 aromatic rings. The van der Waals surface area contributed by atoms with Crippen molar-refractivity contribution < 1.29 is 0 Å². The van der Waals surface area contributed by atoms with Gasteiger partial charge in [-0.15, -0.1) is 0 Å². The highest BCUT2D eigenvalue weighted by Gasteiger charge is 1.95. The SMILES string of the molecule is C1=Cn2nccc2C=NN1. The Kier molecular flexibility index (Phi) is 1.04. The summed E-state index contributed by atoms with van der Waals surface area (Å²) in [7, 11) is 0. The lowest BCUT2D eigenvalue weighted by Crippen LogP contribution is -1.92. The minimum atomic E-state index is 0.973. The number of rotatable bonds is 0. The largest absolute Gasteiger partial charge is 0.284 e. The molecule has 1 aliphatic rings. The molecule has 0 saturated heterocycles. The first-order valence-corrected chi connectivity index (χ1v) is 2.95. The monoisotopic (exact) mass is 134 g/mol. The fourth-order valence-electron chi connectivity index (χ4n) is 0.802. The maximum atomic E-state index is 4.02. The summed E-state index contributed by atoms with van der Waals surface area (Å²) in [6.07, 6.45) is 6.98. The van der Waals surface area contributed by atoms with Crippen LogP contribution in [0.3, 0.4) is 0 Å². The Hall–Kier alpha value is -1.58. The molecule has 0 spiro atoms. The van der Waals surface area contributed by atoms with Gasteiger partial charge in [0, 0.05) is 12.4 Å². The molecule has 50 valence electrons. The quantitative estimate of drug-likeness (QED) is 0.552. The molecule has 1 aliphatic heterocycles. The predicted molar refractivity (Wildman–Crippen MR) is 38.3 cm³/mol. The molecular weight excluding hydrogens is 128 g/mol. The summed E-state index contributed by atoms with van der Waals surface area (Å²) >= 11 is 0. The average molecular weight is 134 g/mol. The molecule has 0 aliphatic carbocycles. The molecular formula is C6H6N4. The van der Waals surface area contributed by atoms with E-state index in [0.717, 1.165) is 5.69 Å². The lowest BCUT2D eigenvalue weighted by molar-refractivity contribution is 0.923. The van der Waals surface area contributed by atoms with Crippen LogP contribution in [0.4, 0.5) is 0 Å². The first-order chi connectivity index (χ1) is 4.97. The van der Waals surface area contributed by atoms with Crippen LogP contribution in [0.25, 0.3) is 6.20 Å². The van der Waals surface area contributed by atoms with Gasteiger partial charge in [-0.25, -0.2) is 4.68 Å². The average Bonchev–Trinajstić information content (AvgIpc) is 2.28. The molecule has 0 saturated carbocycles.